The number of carbonyl (C=O) groups is 1. The van der Waals surface area contributed by atoms with Crippen LogP contribution >= 0.6 is 0 Å². The van der Waals surface area contributed by atoms with Crippen LogP contribution in [0.5, 0.6) is 0 Å². The lowest BCUT2D eigenvalue weighted by Crippen LogP contribution is -2.14. The van der Waals surface area contributed by atoms with Crippen LogP contribution in [0, 0.1) is 5.41 Å². The average molecular weight is 213 g/mol. The Labute approximate surface area is 93.2 Å². The van der Waals surface area contributed by atoms with E-state index in [0.29, 0.717) is 12.1 Å². The summed E-state index contributed by atoms with van der Waals surface area (Å²) in [6, 6.07) is 0. The van der Waals surface area contributed by atoms with Gasteiger partial charge in [0, 0.05) is 11.1 Å². The maximum atomic E-state index is 10.1. The third-order valence-corrected chi connectivity index (χ3v) is 1.51. The van der Waals surface area contributed by atoms with Gasteiger partial charge in [0.2, 0.25) is 6.41 Å². The predicted octanol–water partition coefficient (Wildman–Crippen LogP) is 2.85. The molecule has 0 bridgehead atoms. The van der Waals surface area contributed by atoms with E-state index in [1.165, 1.54) is 0 Å². The van der Waals surface area contributed by atoms with Gasteiger partial charge >= 0.3 is 0 Å². The maximum Gasteiger partial charge on any atom is 0.211 e. The molecular formula is C12H23NO2. The molecule has 0 aromatic heterocycles. The molecule has 0 aliphatic rings. The Morgan fingerprint density at radius 1 is 1.33 bits per heavy atom. The van der Waals surface area contributed by atoms with Gasteiger partial charge in [-0.2, -0.15) is 0 Å². The van der Waals surface area contributed by atoms with Crippen molar-refractivity contribution in [2.75, 3.05) is 7.11 Å². The van der Waals surface area contributed by atoms with E-state index in [1.54, 1.807) is 13.2 Å². The second-order valence-electron chi connectivity index (χ2n) is 3.75. The molecule has 0 aromatic carbocycles. The summed E-state index contributed by atoms with van der Waals surface area (Å²) in [5.74, 6) is 0.784. The number of ether oxygens (including phenoxy) is 1. The summed E-state index contributed by atoms with van der Waals surface area (Å²) in [4.78, 5) is 10.1. The van der Waals surface area contributed by atoms with E-state index in [1.807, 2.05) is 34.6 Å². The number of carbonyl (C=O) groups excluding carboxylic acids is 1. The zero-order valence-corrected chi connectivity index (χ0v) is 10.7. The van der Waals surface area contributed by atoms with Gasteiger partial charge in [-0.15, -0.1) is 0 Å². The van der Waals surface area contributed by atoms with Gasteiger partial charge < -0.3 is 10.1 Å². The molecule has 88 valence electrons. The van der Waals surface area contributed by atoms with Crippen molar-refractivity contribution in [2.24, 2.45) is 5.41 Å². The number of allylic oxidation sites excluding steroid dienone is 2. The number of nitrogens with one attached hydrogen (secondary N) is 1. The Morgan fingerprint density at radius 2 is 1.80 bits per heavy atom. The lowest BCUT2D eigenvalue weighted by atomic mass is 9.93. The number of methoxy groups -OCH3 is 1. The standard InChI is InChI=1S/C10H17NO2.C2H6/c1-8(11-7-12)6-9(13-5)10(2,3)4;1-2/h6-7H,1H2,2-5H3,(H,11,12);1-2H3/b9-6-;. The fourth-order valence-electron chi connectivity index (χ4n) is 0.857. The summed E-state index contributed by atoms with van der Waals surface area (Å²) < 4.78 is 5.18. The SMILES string of the molecule is C=C(/C=C(\OC)C(C)(C)C)NC=O.CC. The molecule has 1 amide bonds. The normalized spacial score (nSPS) is 10.9. The Morgan fingerprint density at radius 3 is 2.07 bits per heavy atom. The van der Waals surface area contributed by atoms with Gasteiger partial charge in [-0.25, -0.2) is 0 Å². The largest absolute Gasteiger partial charge is 0.500 e. The Hall–Kier alpha value is -1.25. The first kappa shape index (κ1) is 16.2. The van der Waals surface area contributed by atoms with Gasteiger partial charge in [-0.3, -0.25) is 4.79 Å². The topological polar surface area (TPSA) is 38.3 Å². The second-order valence-corrected chi connectivity index (χ2v) is 3.75. The van der Waals surface area contributed by atoms with Gasteiger partial charge in [0.1, 0.15) is 5.76 Å². The molecule has 0 unspecified atom stereocenters. The summed E-state index contributed by atoms with van der Waals surface area (Å²) >= 11 is 0. The number of amides is 1. The highest BCUT2D eigenvalue weighted by Crippen LogP contribution is 2.25. The molecule has 0 aromatic rings. The minimum atomic E-state index is -0.0811. The van der Waals surface area contributed by atoms with Gasteiger partial charge in [0.15, 0.2) is 0 Å². The van der Waals surface area contributed by atoms with Crippen LogP contribution < -0.4 is 5.32 Å². The Balaban J connectivity index is 0. The van der Waals surface area contributed by atoms with Crippen LogP contribution in [0.25, 0.3) is 0 Å². The predicted molar refractivity (Wildman–Crippen MR) is 64.2 cm³/mol. The van der Waals surface area contributed by atoms with E-state index in [0.717, 1.165) is 5.76 Å². The molecule has 0 saturated heterocycles. The fourth-order valence-corrected chi connectivity index (χ4v) is 0.857. The van der Waals surface area contributed by atoms with Crippen molar-refractivity contribution in [3.05, 3.63) is 24.1 Å². The van der Waals surface area contributed by atoms with E-state index in [-0.39, 0.29) is 5.41 Å². The van der Waals surface area contributed by atoms with E-state index < -0.39 is 0 Å². The third kappa shape index (κ3) is 7.79. The van der Waals surface area contributed by atoms with Gasteiger partial charge in [-0.05, 0) is 6.08 Å². The smallest absolute Gasteiger partial charge is 0.211 e. The van der Waals surface area contributed by atoms with Crippen LogP contribution in [-0.4, -0.2) is 13.5 Å². The molecule has 3 nitrogen and oxygen atoms in total. The molecule has 0 spiro atoms. The van der Waals surface area contributed by atoms with E-state index in [9.17, 15) is 4.79 Å². The Bertz CT molecular complexity index is 224. The highest BCUT2D eigenvalue weighted by atomic mass is 16.5. The minimum absolute atomic E-state index is 0.0811. The highest BCUT2D eigenvalue weighted by molar-refractivity contribution is 5.51. The van der Waals surface area contributed by atoms with Crippen LogP contribution in [0.2, 0.25) is 0 Å². The van der Waals surface area contributed by atoms with Crippen molar-refractivity contribution >= 4 is 6.41 Å². The van der Waals surface area contributed by atoms with Crippen LogP contribution in [0.4, 0.5) is 0 Å². The van der Waals surface area contributed by atoms with Crippen molar-refractivity contribution in [1.82, 2.24) is 5.32 Å². The van der Waals surface area contributed by atoms with Gasteiger partial charge in [0.05, 0.1) is 7.11 Å². The van der Waals surface area contributed by atoms with Crippen LogP contribution in [0.3, 0.4) is 0 Å². The molecule has 0 aliphatic heterocycles. The number of hydrogen-bond donors (Lipinski definition) is 1. The average Bonchev–Trinajstić information content (AvgIpc) is 2.16. The minimum Gasteiger partial charge on any atom is -0.500 e. The second kappa shape index (κ2) is 8.09. The molecule has 0 saturated carbocycles. The lowest BCUT2D eigenvalue weighted by Gasteiger charge is -2.21. The zero-order chi connectivity index (χ0) is 12.5. The van der Waals surface area contributed by atoms with Crippen molar-refractivity contribution in [3.63, 3.8) is 0 Å². The monoisotopic (exact) mass is 213 g/mol. The quantitative estimate of drug-likeness (QED) is 0.443. The van der Waals surface area contributed by atoms with Crippen molar-refractivity contribution in [3.8, 4) is 0 Å². The van der Waals surface area contributed by atoms with Crippen LogP contribution in [0.15, 0.2) is 24.1 Å². The first-order valence-electron chi connectivity index (χ1n) is 5.07. The summed E-state index contributed by atoms with van der Waals surface area (Å²) in [7, 11) is 1.60. The summed E-state index contributed by atoms with van der Waals surface area (Å²) in [6.45, 7) is 13.7. The lowest BCUT2D eigenvalue weighted by molar-refractivity contribution is -0.108. The summed E-state index contributed by atoms with van der Waals surface area (Å²) in [5, 5.41) is 2.45. The highest BCUT2D eigenvalue weighted by Gasteiger charge is 2.17. The van der Waals surface area contributed by atoms with Crippen LogP contribution in [-0.2, 0) is 9.53 Å². The zero-order valence-electron chi connectivity index (χ0n) is 10.7. The van der Waals surface area contributed by atoms with Crippen molar-refractivity contribution < 1.29 is 9.53 Å². The van der Waals surface area contributed by atoms with Gasteiger partial charge in [-0.1, -0.05) is 41.2 Å². The number of hydrogen-bond acceptors (Lipinski definition) is 2. The fraction of sp³-hybridized carbons (Fsp3) is 0.583. The third-order valence-electron chi connectivity index (χ3n) is 1.51. The van der Waals surface area contributed by atoms with Crippen LogP contribution in [0.1, 0.15) is 34.6 Å². The molecule has 0 radical (unpaired) electrons. The van der Waals surface area contributed by atoms with Crippen molar-refractivity contribution in [2.45, 2.75) is 34.6 Å². The molecule has 1 N–H and O–H groups in total. The molecule has 0 fully saturated rings. The van der Waals surface area contributed by atoms with Crippen molar-refractivity contribution in [1.29, 1.82) is 0 Å². The van der Waals surface area contributed by atoms with E-state index in [2.05, 4.69) is 11.9 Å². The summed E-state index contributed by atoms with van der Waals surface area (Å²) in [5.41, 5.74) is 0.448. The molecule has 0 aliphatic carbocycles. The molecule has 0 heterocycles. The summed E-state index contributed by atoms with van der Waals surface area (Å²) in [6.07, 6.45) is 2.31. The molecular weight excluding hydrogens is 190 g/mol. The van der Waals surface area contributed by atoms with E-state index in [4.69, 9.17) is 4.74 Å². The molecule has 15 heavy (non-hydrogen) atoms. The number of rotatable bonds is 4. The van der Waals surface area contributed by atoms with Gasteiger partial charge in [0.25, 0.3) is 0 Å². The first-order chi connectivity index (χ1) is 6.91. The Kier molecular flexibility index (Phi) is 8.73. The molecule has 3 heteroatoms. The molecule has 0 atom stereocenters. The van der Waals surface area contributed by atoms with E-state index >= 15 is 0 Å². The first-order valence-corrected chi connectivity index (χ1v) is 5.07. The maximum absolute atomic E-state index is 10.1. The molecule has 0 rings (SSSR count).